The van der Waals surface area contributed by atoms with Crippen LogP contribution in [-0.4, -0.2) is 5.91 Å². The van der Waals surface area contributed by atoms with Crippen LogP contribution < -0.4 is 5.32 Å². The van der Waals surface area contributed by atoms with E-state index in [4.69, 9.17) is 5.26 Å². The molecule has 0 aromatic heterocycles. The summed E-state index contributed by atoms with van der Waals surface area (Å²) in [5.41, 5.74) is 1.63. The lowest BCUT2D eigenvalue weighted by atomic mass is 10.1. The molecule has 3 nitrogen and oxygen atoms in total. The molecule has 0 radical (unpaired) electrons. The standard InChI is InChI=1S/C16H13FN2O/c1-11-6-8-12(9-7-11)16(20)19-15(10-18)13-4-2-3-5-14(13)17/h2-9,15H,1H3,(H,19,20). The molecule has 0 heterocycles. The number of hydrogen-bond donors (Lipinski definition) is 1. The second kappa shape index (κ2) is 5.98. The Morgan fingerprint density at radius 2 is 1.85 bits per heavy atom. The van der Waals surface area contributed by atoms with Crippen molar-refractivity contribution in [3.63, 3.8) is 0 Å². The molecule has 4 heteroatoms. The first-order chi connectivity index (χ1) is 9.61. The third kappa shape index (κ3) is 3.01. The van der Waals surface area contributed by atoms with E-state index in [0.29, 0.717) is 5.56 Å². The molecule has 0 spiro atoms. The van der Waals surface area contributed by atoms with Crippen LogP contribution in [0.5, 0.6) is 0 Å². The molecule has 1 atom stereocenters. The first kappa shape index (κ1) is 13.8. The normalized spacial score (nSPS) is 11.4. The zero-order valence-corrected chi connectivity index (χ0v) is 10.9. The topological polar surface area (TPSA) is 52.9 Å². The van der Waals surface area contributed by atoms with Gasteiger partial charge in [-0.3, -0.25) is 4.79 Å². The van der Waals surface area contributed by atoms with Gasteiger partial charge >= 0.3 is 0 Å². The quantitative estimate of drug-likeness (QED) is 0.929. The van der Waals surface area contributed by atoms with Crippen molar-refractivity contribution in [2.24, 2.45) is 0 Å². The molecular weight excluding hydrogens is 255 g/mol. The van der Waals surface area contributed by atoms with E-state index in [-0.39, 0.29) is 5.56 Å². The highest BCUT2D eigenvalue weighted by Crippen LogP contribution is 2.16. The van der Waals surface area contributed by atoms with Crippen LogP contribution >= 0.6 is 0 Å². The van der Waals surface area contributed by atoms with Gasteiger partial charge in [0.15, 0.2) is 0 Å². The Morgan fingerprint density at radius 3 is 2.45 bits per heavy atom. The third-order valence-corrected chi connectivity index (χ3v) is 2.93. The van der Waals surface area contributed by atoms with Gasteiger partial charge in [0, 0.05) is 11.1 Å². The van der Waals surface area contributed by atoms with E-state index in [1.807, 2.05) is 13.0 Å². The summed E-state index contributed by atoms with van der Waals surface area (Å²) < 4.78 is 13.6. The second-order valence-corrected chi connectivity index (χ2v) is 4.42. The van der Waals surface area contributed by atoms with E-state index in [2.05, 4.69) is 5.32 Å². The maximum absolute atomic E-state index is 13.6. The predicted octanol–water partition coefficient (Wildman–Crippen LogP) is 3.13. The van der Waals surface area contributed by atoms with Crippen molar-refractivity contribution in [1.29, 1.82) is 5.26 Å². The molecule has 0 aliphatic heterocycles. The molecule has 0 fully saturated rings. The largest absolute Gasteiger partial charge is 0.332 e. The van der Waals surface area contributed by atoms with Crippen LogP contribution in [0.25, 0.3) is 0 Å². The van der Waals surface area contributed by atoms with Gasteiger partial charge < -0.3 is 5.32 Å². The number of carbonyl (C=O) groups excluding carboxylic acids is 1. The summed E-state index contributed by atoms with van der Waals surface area (Å²) in [5.74, 6) is -0.914. The smallest absolute Gasteiger partial charge is 0.252 e. The second-order valence-electron chi connectivity index (χ2n) is 4.42. The number of amides is 1. The Kier molecular flexibility index (Phi) is 4.11. The zero-order chi connectivity index (χ0) is 14.5. The fraction of sp³-hybridized carbons (Fsp3) is 0.125. The van der Waals surface area contributed by atoms with Gasteiger partial charge in [0.25, 0.3) is 5.91 Å². The average molecular weight is 268 g/mol. The molecule has 0 aliphatic carbocycles. The monoisotopic (exact) mass is 268 g/mol. The van der Waals surface area contributed by atoms with Crippen LogP contribution in [0, 0.1) is 24.1 Å². The zero-order valence-electron chi connectivity index (χ0n) is 10.9. The SMILES string of the molecule is Cc1ccc(C(=O)NC(C#N)c2ccccc2F)cc1. The minimum Gasteiger partial charge on any atom is -0.332 e. The van der Waals surface area contributed by atoms with E-state index in [1.54, 1.807) is 30.3 Å². The number of nitrogens with zero attached hydrogens (tertiary/aromatic N) is 1. The van der Waals surface area contributed by atoms with Gasteiger partial charge in [0.2, 0.25) is 0 Å². The predicted molar refractivity (Wildman–Crippen MR) is 73.4 cm³/mol. The third-order valence-electron chi connectivity index (χ3n) is 2.93. The first-order valence-corrected chi connectivity index (χ1v) is 6.13. The van der Waals surface area contributed by atoms with E-state index >= 15 is 0 Å². The van der Waals surface area contributed by atoms with Crippen LogP contribution in [0.2, 0.25) is 0 Å². The molecule has 2 aromatic rings. The summed E-state index contributed by atoms with van der Waals surface area (Å²) in [6, 6.07) is 13.7. The first-order valence-electron chi connectivity index (χ1n) is 6.13. The Balaban J connectivity index is 2.19. The number of benzene rings is 2. The molecule has 1 N–H and O–H groups in total. The Labute approximate surface area is 116 Å². The lowest BCUT2D eigenvalue weighted by Crippen LogP contribution is -2.28. The minimum absolute atomic E-state index is 0.162. The van der Waals surface area contributed by atoms with Crippen molar-refractivity contribution in [3.8, 4) is 6.07 Å². The van der Waals surface area contributed by atoms with Crippen LogP contribution in [-0.2, 0) is 0 Å². The van der Waals surface area contributed by atoms with E-state index in [0.717, 1.165) is 5.56 Å². The Bertz CT molecular complexity index is 659. The van der Waals surface area contributed by atoms with Crippen LogP contribution in [0.15, 0.2) is 48.5 Å². The highest BCUT2D eigenvalue weighted by atomic mass is 19.1. The van der Waals surface area contributed by atoms with Gasteiger partial charge in [0.05, 0.1) is 6.07 Å². The van der Waals surface area contributed by atoms with Crippen LogP contribution in [0.4, 0.5) is 4.39 Å². The number of nitriles is 1. The molecule has 0 bridgehead atoms. The van der Waals surface area contributed by atoms with Gasteiger partial charge in [0.1, 0.15) is 11.9 Å². The fourth-order valence-corrected chi connectivity index (χ4v) is 1.81. The Hall–Kier alpha value is -2.67. The van der Waals surface area contributed by atoms with E-state index < -0.39 is 17.8 Å². The molecule has 0 saturated carbocycles. The van der Waals surface area contributed by atoms with Crippen molar-refractivity contribution in [2.45, 2.75) is 13.0 Å². The van der Waals surface area contributed by atoms with Crippen molar-refractivity contribution in [2.75, 3.05) is 0 Å². The number of halogens is 1. The molecule has 0 saturated heterocycles. The molecular formula is C16H13FN2O. The lowest BCUT2D eigenvalue weighted by Gasteiger charge is -2.12. The van der Waals surface area contributed by atoms with Gasteiger partial charge in [-0.1, -0.05) is 35.9 Å². The molecule has 2 rings (SSSR count). The number of nitrogens with one attached hydrogen (secondary N) is 1. The number of aryl methyl sites for hydroxylation is 1. The number of hydrogen-bond acceptors (Lipinski definition) is 2. The van der Waals surface area contributed by atoms with Gasteiger partial charge in [-0.05, 0) is 25.1 Å². The van der Waals surface area contributed by atoms with Crippen molar-refractivity contribution >= 4 is 5.91 Å². The molecule has 1 unspecified atom stereocenters. The highest BCUT2D eigenvalue weighted by molar-refractivity contribution is 5.94. The van der Waals surface area contributed by atoms with Gasteiger partial charge in [-0.25, -0.2) is 4.39 Å². The number of carbonyl (C=O) groups is 1. The molecule has 2 aromatic carbocycles. The van der Waals surface area contributed by atoms with E-state index in [1.165, 1.54) is 18.2 Å². The fourth-order valence-electron chi connectivity index (χ4n) is 1.81. The Morgan fingerprint density at radius 1 is 1.20 bits per heavy atom. The van der Waals surface area contributed by atoms with Crippen LogP contribution in [0.1, 0.15) is 27.5 Å². The van der Waals surface area contributed by atoms with E-state index in [9.17, 15) is 9.18 Å². The summed E-state index contributed by atoms with van der Waals surface area (Å²) in [6.07, 6.45) is 0. The highest BCUT2D eigenvalue weighted by Gasteiger charge is 2.17. The minimum atomic E-state index is -1.01. The van der Waals surface area contributed by atoms with Crippen LogP contribution in [0.3, 0.4) is 0 Å². The summed E-state index contributed by atoms with van der Waals surface area (Å²) in [6.45, 7) is 1.92. The summed E-state index contributed by atoms with van der Waals surface area (Å²) in [4.78, 5) is 12.0. The van der Waals surface area contributed by atoms with Crippen molar-refractivity contribution < 1.29 is 9.18 Å². The summed E-state index contributed by atoms with van der Waals surface area (Å²) >= 11 is 0. The number of rotatable bonds is 3. The van der Waals surface area contributed by atoms with Gasteiger partial charge in [-0.15, -0.1) is 0 Å². The summed E-state index contributed by atoms with van der Waals surface area (Å²) in [5, 5.41) is 11.6. The maximum Gasteiger partial charge on any atom is 0.252 e. The molecule has 100 valence electrons. The van der Waals surface area contributed by atoms with Gasteiger partial charge in [-0.2, -0.15) is 5.26 Å². The maximum atomic E-state index is 13.6. The lowest BCUT2D eigenvalue weighted by molar-refractivity contribution is 0.0944. The average Bonchev–Trinajstić information content (AvgIpc) is 2.46. The molecule has 1 amide bonds. The van der Waals surface area contributed by atoms with Crippen molar-refractivity contribution in [1.82, 2.24) is 5.32 Å². The summed E-state index contributed by atoms with van der Waals surface area (Å²) in [7, 11) is 0. The molecule has 0 aliphatic rings. The molecule has 20 heavy (non-hydrogen) atoms. The van der Waals surface area contributed by atoms with Crippen molar-refractivity contribution in [3.05, 3.63) is 71.0 Å².